The molecule has 28 heavy (non-hydrogen) atoms. The summed E-state index contributed by atoms with van der Waals surface area (Å²) < 4.78 is 29.9. The molecule has 1 N–H and O–H groups in total. The molecule has 0 aliphatic rings. The lowest BCUT2D eigenvalue weighted by Gasteiger charge is -2.13. The lowest BCUT2D eigenvalue weighted by atomic mass is 9.91. The van der Waals surface area contributed by atoms with E-state index in [1.807, 2.05) is 0 Å². The van der Waals surface area contributed by atoms with Crippen molar-refractivity contribution in [2.45, 2.75) is 129 Å². The smallest absolute Gasteiger partial charge is 0.264 e. The van der Waals surface area contributed by atoms with E-state index in [0.717, 1.165) is 38.5 Å². The Morgan fingerprint density at radius 1 is 0.679 bits per heavy atom. The predicted octanol–water partition coefficient (Wildman–Crippen LogP) is 7.12. The van der Waals surface area contributed by atoms with Crippen molar-refractivity contribution >= 4 is 15.9 Å². The van der Waals surface area contributed by atoms with Crippen LogP contribution in [0.4, 0.5) is 0 Å². The van der Waals surface area contributed by atoms with Crippen molar-refractivity contribution in [2.75, 3.05) is 5.75 Å². The fourth-order valence-electron chi connectivity index (χ4n) is 3.81. The summed E-state index contributed by atoms with van der Waals surface area (Å²) in [5.41, 5.74) is 0. The molecular formula is C23H46O4S. The van der Waals surface area contributed by atoms with Gasteiger partial charge in [-0.15, -0.1) is 0 Å². The lowest BCUT2D eigenvalue weighted by molar-refractivity contribution is -0.121. The highest BCUT2D eigenvalue weighted by Gasteiger charge is 2.13. The van der Waals surface area contributed by atoms with Crippen LogP contribution in [0.5, 0.6) is 0 Å². The molecule has 4 nitrogen and oxygen atoms in total. The lowest BCUT2D eigenvalue weighted by Crippen LogP contribution is -2.10. The van der Waals surface area contributed by atoms with Crippen LogP contribution >= 0.6 is 0 Å². The maximum atomic E-state index is 11.9. The Morgan fingerprint density at radius 2 is 1.04 bits per heavy atom. The third kappa shape index (κ3) is 20.3. The second-order valence-electron chi connectivity index (χ2n) is 8.47. The standard InChI is InChI=1S/C23H46O4S/c1-3-4-5-6-7-10-13-16-19-23(22(2)24)20-17-14-11-8-9-12-15-18-21-28(25,26)27/h23H,3-21H2,1-2H3,(H,25,26,27). The summed E-state index contributed by atoms with van der Waals surface area (Å²) >= 11 is 0. The van der Waals surface area contributed by atoms with E-state index >= 15 is 0 Å². The third-order valence-corrected chi connectivity index (χ3v) is 6.49. The summed E-state index contributed by atoms with van der Waals surface area (Å²) in [6.45, 7) is 4.00. The summed E-state index contributed by atoms with van der Waals surface area (Å²) in [7, 11) is -3.79. The zero-order valence-corrected chi connectivity index (χ0v) is 19.4. The first-order valence-electron chi connectivity index (χ1n) is 11.8. The number of ketones is 1. The number of hydrogen-bond donors (Lipinski definition) is 1. The number of carbonyl (C=O) groups is 1. The zero-order chi connectivity index (χ0) is 21.1. The Bertz CT molecular complexity index is 459. The monoisotopic (exact) mass is 418 g/mol. The minimum Gasteiger partial charge on any atom is -0.300 e. The van der Waals surface area contributed by atoms with Crippen molar-refractivity contribution in [1.82, 2.24) is 0 Å². The fraction of sp³-hybridized carbons (Fsp3) is 0.957. The van der Waals surface area contributed by atoms with Gasteiger partial charge < -0.3 is 0 Å². The van der Waals surface area contributed by atoms with Gasteiger partial charge in [0.2, 0.25) is 0 Å². The molecule has 168 valence electrons. The molecule has 0 saturated carbocycles. The van der Waals surface area contributed by atoms with E-state index < -0.39 is 10.1 Å². The summed E-state index contributed by atoms with van der Waals surface area (Å²) in [6.07, 6.45) is 20.9. The van der Waals surface area contributed by atoms with Crippen LogP contribution in [0.2, 0.25) is 0 Å². The average Bonchev–Trinajstić information content (AvgIpc) is 2.62. The van der Waals surface area contributed by atoms with Gasteiger partial charge >= 0.3 is 0 Å². The van der Waals surface area contributed by atoms with Crippen LogP contribution in [0, 0.1) is 5.92 Å². The van der Waals surface area contributed by atoms with Crippen LogP contribution < -0.4 is 0 Å². The Morgan fingerprint density at radius 3 is 1.39 bits per heavy atom. The van der Waals surface area contributed by atoms with Gasteiger partial charge in [0, 0.05) is 5.92 Å². The van der Waals surface area contributed by atoms with Gasteiger partial charge in [-0.3, -0.25) is 9.35 Å². The fourth-order valence-corrected chi connectivity index (χ4v) is 4.38. The van der Waals surface area contributed by atoms with Gasteiger partial charge in [0.25, 0.3) is 10.1 Å². The Kier molecular flexibility index (Phi) is 18.3. The highest BCUT2D eigenvalue weighted by Crippen LogP contribution is 2.20. The molecule has 1 unspecified atom stereocenters. The molecule has 1 atom stereocenters. The van der Waals surface area contributed by atoms with E-state index in [0.29, 0.717) is 12.2 Å². The van der Waals surface area contributed by atoms with Crippen molar-refractivity contribution in [3.8, 4) is 0 Å². The van der Waals surface area contributed by atoms with Crippen LogP contribution in [0.25, 0.3) is 0 Å². The average molecular weight is 419 g/mol. The van der Waals surface area contributed by atoms with E-state index in [2.05, 4.69) is 6.92 Å². The molecule has 0 saturated heterocycles. The second-order valence-corrected chi connectivity index (χ2v) is 10.0. The molecule has 0 aromatic carbocycles. The molecular weight excluding hydrogens is 372 g/mol. The van der Waals surface area contributed by atoms with Crippen LogP contribution in [0.3, 0.4) is 0 Å². The van der Waals surface area contributed by atoms with E-state index in [1.165, 1.54) is 70.6 Å². The first kappa shape index (κ1) is 27.6. The molecule has 0 radical (unpaired) electrons. The third-order valence-electron chi connectivity index (χ3n) is 5.69. The number of Topliss-reactive ketones (excluding diaryl/α,β-unsaturated/α-hetero) is 1. The Hall–Kier alpha value is -0.420. The highest BCUT2D eigenvalue weighted by molar-refractivity contribution is 7.85. The first-order chi connectivity index (χ1) is 13.4. The van der Waals surface area contributed by atoms with Crippen molar-refractivity contribution in [1.29, 1.82) is 0 Å². The Balaban J connectivity index is 3.52. The molecule has 0 amide bonds. The van der Waals surface area contributed by atoms with Crippen molar-refractivity contribution in [3.05, 3.63) is 0 Å². The molecule has 0 aliphatic carbocycles. The maximum absolute atomic E-state index is 11.9. The quantitative estimate of drug-likeness (QED) is 0.159. The summed E-state index contributed by atoms with van der Waals surface area (Å²) in [4.78, 5) is 11.9. The highest BCUT2D eigenvalue weighted by atomic mass is 32.2. The molecule has 0 bridgehead atoms. The molecule has 0 rings (SSSR count). The van der Waals surface area contributed by atoms with Gasteiger partial charge in [-0.05, 0) is 26.2 Å². The Labute approximate surface area is 175 Å². The van der Waals surface area contributed by atoms with Gasteiger partial charge in [-0.1, -0.05) is 103 Å². The van der Waals surface area contributed by atoms with Crippen LogP contribution in [0.15, 0.2) is 0 Å². The van der Waals surface area contributed by atoms with Gasteiger partial charge in [-0.2, -0.15) is 8.42 Å². The molecule has 0 spiro atoms. The molecule has 0 aromatic heterocycles. The number of rotatable bonds is 21. The van der Waals surface area contributed by atoms with Gasteiger partial charge in [0.15, 0.2) is 0 Å². The van der Waals surface area contributed by atoms with Crippen molar-refractivity contribution in [3.63, 3.8) is 0 Å². The largest absolute Gasteiger partial charge is 0.300 e. The molecule has 0 heterocycles. The molecule has 0 aromatic rings. The van der Waals surface area contributed by atoms with Crippen LogP contribution in [-0.4, -0.2) is 24.5 Å². The predicted molar refractivity (Wildman–Crippen MR) is 119 cm³/mol. The molecule has 0 fully saturated rings. The van der Waals surface area contributed by atoms with Crippen molar-refractivity contribution in [2.24, 2.45) is 5.92 Å². The van der Waals surface area contributed by atoms with Crippen LogP contribution in [0.1, 0.15) is 129 Å². The van der Waals surface area contributed by atoms with E-state index in [-0.39, 0.29) is 11.7 Å². The van der Waals surface area contributed by atoms with E-state index in [9.17, 15) is 13.2 Å². The molecule has 0 aliphatic heterocycles. The van der Waals surface area contributed by atoms with E-state index in [1.54, 1.807) is 6.92 Å². The summed E-state index contributed by atoms with van der Waals surface area (Å²) in [6, 6.07) is 0. The number of hydrogen-bond acceptors (Lipinski definition) is 3. The number of carbonyl (C=O) groups excluding carboxylic acids is 1. The zero-order valence-electron chi connectivity index (χ0n) is 18.6. The van der Waals surface area contributed by atoms with Gasteiger partial charge in [0.1, 0.15) is 5.78 Å². The normalized spacial score (nSPS) is 13.0. The van der Waals surface area contributed by atoms with E-state index in [4.69, 9.17) is 4.55 Å². The first-order valence-corrected chi connectivity index (χ1v) is 13.4. The maximum Gasteiger partial charge on any atom is 0.264 e. The minimum absolute atomic E-state index is 0.113. The van der Waals surface area contributed by atoms with Gasteiger partial charge in [0.05, 0.1) is 5.75 Å². The van der Waals surface area contributed by atoms with Crippen LogP contribution in [-0.2, 0) is 14.9 Å². The minimum atomic E-state index is -3.79. The second kappa shape index (κ2) is 18.6. The SMILES string of the molecule is CCCCCCCCCCC(CCCCCCCCCCS(=O)(=O)O)C(C)=O. The van der Waals surface area contributed by atoms with Gasteiger partial charge in [-0.25, -0.2) is 0 Å². The van der Waals surface area contributed by atoms with Crippen molar-refractivity contribution < 1.29 is 17.8 Å². The summed E-state index contributed by atoms with van der Waals surface area (Å²) in [5.74, 6) is 0.514. The summed E-state index contributed by atoms with van der Waals surface area (Å²) in [5, 5.41) is 0. The topological polar surface area (TPSA) is 71.4 Å². The number of unbranched alkanes of at least 4 members (excludes halogenated alkanes) is 14. The molecule has 5 heteroatoms.